The molecule has 1 atom stereocenters. The average Bonchev–Trinajstić information content (AvgIpc) is 2.32. The van der Waals surface area contributed by atoms with E-state index in [-0.39, 0.29) is 35.3 Å². The van der Waals surface area contributed by atoms with E-state index < -0.39 is 5.82 Å². The van der Waals surface area contributed by atoms with Crippen molar-refractivity contribution in [3.05, 3.63) is 34.1 Å². The van der Waals surface area contributed by atoms with Crippen LogP contribution >= 0.6 is 28.3 Å². The molecule has 1 aliphatic heterocycles. The first-order chi connectivity index (χ1) is 8.83. The minimum atomic E-state index is -0.493. The van der Waals surface area contributed by atoms with E-state index in [1.807, 2.05) is 13.8 Å². The molecule has 0 saturated carbocycles. The summed E-state index contributed by atoms with van der Waals surface area (Å²) in [5.74, 6) is -0.767. The van der Waals surface area contributed by atoms with Gasteiger partial charge >= 0.3 is 0 Å². The third kappa shape index (κ3) is 3.32. The topological polar surface area (TPSA) is 46.3 Å². The molecule has 2 N–H and O–H groups in total. The van der Waals surface area contributed by atoms with Crippen molar-refractivity contribution >= 4 is 34.2 Å². The Kier molecular flexibility index (Phi) is 5.58. The molecule has 1 heterocycles. The molecule has 0 aromatic heterocycles. The SMILES string of the molecule is CC1(C)CN(C(=O)c2c(F)cccc2Br)CCC1N.Cl. The molecule has 0 bridgehead atoms. The van der Waals surface area contributed by atoms with Crippen molar-refractivity contribution < 1.29 is 9.18 Å². The smallest absolute Gasteiger partial charge is 0.258 e. The van der Waals surface area contributed by atoms with Gasteiger partial charge in [-0.1, -0.05) is 19.9 Å². The van der Waals surface area contributed by atoms with E-state index in [9.17, 15) is 9.18 Å². The van der Waals surface area contributed by atoms with Crippen molar-refractivity contribution in [2.75, 3.05) is 13.1 Å². The van der Waals surface area contributed by atoms with Gasteiger partial charge in [-0.2, -0.15) is 0 Å². The van der Waals surface area contributed by atoms with E-state index in [0.717, 1.165) is 6.42 Å². The highest BCUT2D eigenvalue weighted by Crippen LogP contribution is 2.30. The van der Waals surface area contributed by atoms with Crippen LogP contribution in [0.5, 0.6) is 0 Å². The molecular formula is C14H19BrClFN2O. The molecule has 0 spiro atoms. The monoisotopic (exact) mass is 364 g/mol. The van der Waals surface area contributed by atoms with Gasteiger partial charge in [0.1, 0.15) is 5.82 Å². The molecule has 1 aromatic carbocycles. The Balaban J connectivity index is 0.00000200. The zero-order valence-corrected chi connectivity index (χ0v) is 13.9. The van der Waals surface area contributed by atoms with Gasteiger partial charge in [0.2, 0.25) is 0 Å². The van der Waals surface area contributed by atoms with Crippen LogP contribution in [0, 0.1) is 11.2 Å². The van der Waals surface area contributed by atoms with Crippen LogP contribution in [0.3, 0.4) is 0 Å². The number of likely N-dealkylation sites (tertiary alicyclic amines) is 1. The molecule has 2 rings (SSSR count). The predicted molar refractivity (Wildman–Crippen MR) is 83.6 cm³/mol. The maximum Gasteiger partial charge on any atom is 0.258 e. The van der Waals surface area contributed by atoms with Gasteiger partial charge in [-0.05, 0) is 39.9 Å². The zero-order valence-electron chi connectivity index (χ0n) is 11.5. The number of nitrogens with two attached hydrogens (primary N) is 1. The number of hydrogen-bond acceptors (Lipinski definition) is 2. The van der Waals surface area contributed by atoms with E-state index in [0.29, 0.717) is 17.6 Å². The second kappa shape index (κ2) is 6.41. The van der Waals surface area contributed by atoms with Gasteiger partial charge in [-0.15, -0.1) is 12.4 Å². The number of hydrogen-bond donors (Lipinski definition) is 1. The van der Waals surface area contributed by atoms with Crippen molar-refractivity contribution in [1.82, 2.24) is 4.90 Å². The molecule has 1 saturated heterocycles. The van der Waals surface area contributed by atoms with Gasteiger partial charge in [-0.3, -0.25) is 4.79 Å². The zero-order chi connectivity index (χ0) is 14.2. The highest BCUT2D eigenvalue weighted by Gasteiger charge is 2.36. The maximum absolute atomic E-state index is 13.8. The first kappa shape index (κ1) is 17.4. The van der Waals surface area contributed by atoms with Gasteiger partial charge < -0.3 is 10.6 Å². The number of amides is 1. The summed E-state index contributed by atoms with van der Waals surface area (Å²) in [6.45, 7) is 5.19. The van der Waals surface area contributed by atoms with Crippen LogP contribution in [-0.2, 0) is 0 Å². The van der Waals surface area contributed by atoms with Crippen LogP contribution in [0.1, 0.15) is 30.6 Å². The first-order valence-electron chi connectivity index (χ1n) is 6.32. The molecule has 0 aliphatic carbocycles. The van der Waals surface area contributed by atoms with Crippen molar-refractivity contribution in [3.8, 4) is 0 Å². The third-order valence-electron chi connectivity index (χ3n) is 3.78. The summed E-state index contributed by atoms with van der Waals surface area (Å²) >= 11 is 3.24. The molecule has 112 valence electrons. The second-order valence-electron chi connectivity index (χ2n) is 5.71. The molecule has 1 aromatic rings. The van der Waals surface area contributed by atoms with Crippen LogP contribution in [0.4, 0.5) is 4.39 Å². The fraction of sp³-hybridized carbons (Fsp3) is 0.500. The molecule has 1 fully saturated rings. The normalized spacial score (nSPS) is 21.2. The molecule has 3 nitrogen and oxygen atoms in total. The first-order valence-corrected chi connectivity index (χ1v) is 7.11. The Bertz CT molecular complexity index is 490. The van der Waals surface area contributed by atoms with Gasteiger partial charge in [0.05, 0.1) is 5.56 Å². The minimum Gasteiger partial charge on any atom is -0.338 e. The Morgan fingerprint density at radius 3 is 2.70 bits per heavy atom. The molecule has 1 aliphatic rings. The molecule has 1 amide bonds. The summed E-state index contributed by atoms with van der Waals surface area (Å²) in [7, 11) is 0. The fourth-order valence-electron chi connectivity index (χ4n) is 2.41. The lowest BCUT2D eigenvalue weighted by Crippen LogP contribution is -2.54. The summed E-state index contributed by atoms with van der Waals surface area (Å²) in [4.78, 5) is 14.1. The molecule has 20 heavy (non-hydrogen) atoms. The Morgan fingerprint density at radius 1 is 1.50 bits per heavy atom. The molecule has 6 heteroatoms. The molecule has 1 unspecified atom stereocenters. The van der Waals surface area contributed by atoms with Crippen LogP contribution < -0.4 is 5.73 Å². The van der Waals surface area contributed by atoms with Crippen molar-refractivity contribution in [2.24, 2.45) is 11.1 Å². The number of rotatable bonds is 1. The summed E-state index contributed by atoms with van der Waals surface area (Å²) < 4.78 is 14.3. The summed E-state index contributed by atoms with van der Waals surface area (Å²) in [6.07, 6.45) is 0.741. The summed E-state index contributed by atoms with van der Waals surface area (Å²) in [6, 6.07) is 4.63. The lowest BCUT2D eigenvalue weighted by Gasteiger charge is -2.42. The van der Waals surface area contributed by atoms with Crippen molar-refractivity contribution in [3.63, 3.8) is 0 Å². The van der Waals surface area contributed by atoms with E-state index in [1.165, 1.54) is 6.07 Å². The highest BCUT2D eigenvalue weighted by molar-refractivity contribution is 9.10. The van der Waals surface area contributed by atoms with Crippen molar-refractivity contribution in [1.29, 1.82) is 0 Å². The second-order valence-corrected chi connectivity index (χ2v) is 6.56. The quantitative estimate of drug-likeness (QED) is 0.830. The van der Waals surface area contributed by atoms with E-state index in [2.05, 4.69) is 15.9 Å². The van der Waals surface area contributed by atoms with E-state index in [4.69, 9.17) is 5.73 Å². The van der Waals surface area contributed by atoms with Crippen LogP contribution in [0.15, 0.2) is 22.7 Å². The number of carbonyl (C=O) groups excluding carboxylic acids is 1. The average molecular weight is 366 g/mol. The van der Waals surface area contributed by atoms with Crippen LogP contribution in [0.2, 0.25) is 0 Å². The Hall–Kier alpha value is -0.650. The molecule has 0 radical (unpaired) electrons. The Labute approximate surface area is 133 Å². The number of carbonyl (C=O) groups is 1. The van der Waals surface area contributed by atoms with Gasteiger partial charge in [-0.25, -0.2) is 4.39 Å². The largest absolute Gasteiger partial charge is 0.338 e. The lowest BCUT2D eigenvalue weighted by atomic mass is 9.79. The van der Waals surface area contributed by atoms with E-state index in [1.54, 1.807) is 17.0 Å². The third-order valence-corrected chi connectivity index (χ3v) is 4.44. The predicted octanol–water partition coefficient (Wildman–Crippen LogP) is 3.21. The van der Waals surface area contributed by atoms with E-state index >= 15 is 0 Å². The van der Waals surface area contributed by atoms with Gasteiger partial charge in [0, 0.05) is 23.6 Å². The fourth-order valence-corrected chi connectivity index (χ4v) is 2.92. The van der Waals surface area contributed by atoms with Crippen LogP contribution in [-0.4, -0.2) is 29.9 Å². The Morgan fingerprint density at radius 2 is 2.15 bits per heavy atom. The summed E-state index contributed by atoms with van der Waals surface area (Å²) in [5.41, 5.74) is 6.01. The number of benzene rings is 1. The maximum atomic E-state index is 13.8. The summed E-state index contributed by atoms with van der Waals surface area (Å²) in [5, 5.41) is 0. The van der Waals surface area contributed by atoms with Crippen molar-refractivity contribution in [2.45, 2.75) is 26.3 Å². The standard InChI is InChI=1S/C14H18BrFN2O.ClH/c1-14(2)8-18(7-6-11(14)17)13(19)12-9(15)4-3-5-10(12)16;/h3-5,11H,6-8,17H2,1-2H3;1H. The number of nitrogens with zero attached hydrogens (tertiary/aromatic N) is 1. The van der Waals surface area contributed by atoms with Gasteiger partial charge in [0.25, 0.3) is 5.91 Å². The van der Waals surface area contributed by atoms with Gasteiger partial charge in [0.15, 0.2) is 0 Å². The van der Waals surface area contributed by atoms with Crippen LogP contribution in [0.25, 0.3) is 0 Å². The molecular weight excluding hydrogens is 347 g/mol. The highest BCUT2D eigenvalue weighted by atomic mass is 79.9. The lowest BCUT2D eigenvalue weighted by molar-refractivity contribution is 0.0527. The minimum absolute atomic E-state index is 0. The number of piperidine rings is 1. The number of halogens is 3.